The lowest BCUT2D eigenvalue weighted by molar-refractivity contribution is -0.140. The Morgan fingerprint density at radius 3 is 2.47 bits per heavy atom. The molecule has 0 atom stereocenters. The molecular formula is C26H29FN4O3. The van der Waals surface area contributed by atoms with Crippen LogP contribution in [0.3, 0.4) is 0 Å². The van der Waals surface area contributed by atoms with Crippen molar-refractivity contribution >= 4 is 17.6 Å². The molecule has 178 valence electrons. The van der Waals surface area contributed by atoms with Crippen molar-refractivity contribution in [3.8, 4) is 5.75 Å². The molecule has 2 aromatic rings. The van der Waals surface area contributed by atoms with Gasteiger partial charge in [-0.15, -0.1) is 0 Å². The largest absolute Gasteiger partial charge is 0.494 e. The maximum Gasteiger partial charge on any atom is 0.254 e. The average molecular weight is 465 g/mol. The van der Waals surface area contributed by atoms with Crippen molar-refractivity contribution in [1.29, 1.82) is 0 Å². The molecule has 1 aromatic heterocycles. The maximum atomic E-state index is 14.1. The number of ether oxygens (including phenoxy) is 1. The van der Waals surface area contributed by atoms with Crippen LogP contribution in [0, 0.1) is 29.0 Å². The van der Waals surface area contributed by atoms with Gasteiger partial charge in [0.25, 0.3) is 5.91 Å². The number of fused-ring (bicyclic) bond motifs is 1. The van der Waals surface area contributed by atoms with Gasteiger partial charge in [-0.2, -0.15) is 0 Å². The number of hydrogen-bond acceptors (Lipinski definition) is 5. The Labute approximate surface area is 198 Å². The van der Waals surface area contributed by atoms with Crippen LogP contribution in [0.15, 0.2) is 24.5 Å². The number of carbonyl (C=O) groups excluding carboxylic acids is 2. The molecule has 2 heterocycles. The van der Waals surface area contributed by atoms with E-state index in [1.165, 1.54) is 44.8 Å². The quantitative estimate of drug-likeness (QED) is 0.740. The van der Waals surface area contributed by atoms with Gasteiger partial charge in [0.1, 0.15) is 12.1 Å². The second kappa shape index (κ2) is 8.03. The van der Waals surface area contributed by atoms with Gasteiger partial charge in [0.15, 0.2) is 11.6 Å². The maximum absolute atomic E-state index is 14.1. The van der Waals surface area contributed by atoms with E-state index in [4.69, 9.17) is 4.74 Å². The third-order valence-electron chi connectivity index (χ3n) is 8.44. The second-order valence-electron chi connectivity index (χ2n) is 10.6. The average Bonchev–Trinajstić information content (AvgIpc) is 2.82. The first kappa shape index (κ1) is 21.5. The molecule has 2 amide bonds. The molecule has 0 saturated heterocycles. The van der Waals surface area contributed by atoms with E-state index < -0.39 is 5.82 Å². The summed E-state index contributed by atoms with van der Waals surface area (Å²) in [4.78, 5) is 37.0. The fourth-order valence-electron chi connectivity index (χ4n) is 7.25. The summed E-state index contributed by atoms with van der Waals surface area (Å²) in [5.41, 5.74) is 1.64. The van der Waals surface area contributed by atoms with Gasteiger partial charge in [-0.3, -0.25) is 9.59 Å². The van der Waals surface area contributed by atoms with Crippen LogP contribution in [-0.2, 0) is 17.8 Å². The van der Waals surface area contributed by atoms with Gasteiger partial charge in [-0.05, 0) is 80.9 Å². The smallest absolute Gasteiger partial charge is 0.254 e. The van der Waals surface area contributed by atoms with Crippen LogP contribution in [0.1, 0.15) is 60.1 Å². The third kappa shape index (κ3) is 3.54. The Morgan fingerprint density at radius 2 is 1.82 bits per heavy atom. The van der Waals surface area contributed by atoms with Gasteiger partial charge >= 0.3 is 0 Å². The Kier molecular flexibility index (Phi) is 5.08. The molecule has 1 aliphatic heterocycles. The molecule has 4 bridgehead atoms. The Morgan fingerprint density at radius 1 is 1.12 bits per heavy atom. The number of halogens is 1. The van der Waals surface area contributed by atoms with Crippen LogP contribution < -0.4 is 10.1 Å². The van der Waals surface area contributed by atoms with E-state index in [-0.39, 0.29) is 28.5 Å². The number of nitrogens with one attached hydrogen (secondary N) is 1. The zero-order valence-corrected chi connectivity index (χ0v) is 19.3. The number of hydrogen-bond donors (Lipinski definition) is 1. The van der Waals surface area contributed by atoms with Crippen LogP contribution in [0.4, 0.5) is 10.2 Å². The van der Waals surface area contributed by atoms with E-state index in [1.54, 1.807) is 11.0 Å². The van der Waals surface area contributed by atoms with Crippen LogP contribution >= 0.6 is 0 Å². The van der Waals surface area contributed by atoms with Gasteiger partial charge < -0.3 is 15.0 Å². The number of methoxy groups -OCH3 is 1. The zero-order chi connectivity index (χ0) is 23.4. The van der Waals surface area contributed by atoms with Crippen LogP contribution in [0.5, 0.6) is 5.75 Å². The van der Waals surface area contributed by atoms with Crippen molar-refractivity contribution in [2.75, 3.05) is 19.0 Å². The summed E-state index contributed by atoms with van der Waals surface area (Å²) in [6.45, 7) is 0.748. The van der Waals surface area contributed by atoms with Gasteiger partial charge in [-0.1, -0.05) is 0 Å². The summed E-state index contributed by atoms with van der Waals surface area (Å²) in [6.07, 6.45) is 8.86. The molecule has 7 rings (SSSR count). The molecule has 4 fully saturated rings. The van der Waals surface area contributed by atoms with E-state index in [1.807, 2.05) is 0 Å². The molecule has 0 radical (unpaired) electrons. The van der Waals surface area contributed by atoms with E-state index >= 15 is 0 Å². The number of anilines is 1. The van der Waals surface area contributed by atoms with Gasteiger partial charge in [-0.25, -0.2) is 14.4 Å². The highest BCUT2D eigenvalue weighted by Crippen LogP contribution is 2.60. The fraction of sp³-hybridized carbons (Fsp3) is 0.538. The van der Waals surface area contributed by atoms with Crippen molar-refractivity contribution in [1.82, 2.24) is 14.9 Å². The molecule has 5 aliphatic rings. The van der Waals surface area contributed by atoms with Crippen LogP contribution in [0.2, 0.25) is 0 Å². The normalized spacial score (nSPS) is 29.0. The van der Waals surface area contributed by atoms with Crippen LogP contribution in [-0.4, -0.2) is 40.3 Å². The summed E-state index contributed by atoms with van der Waals surface area (Å²) in [5.74, 6) is 2.05. The van der Waals surface area contributed by atoms with E-state index in [0.717, 1.165) is 30.5 Å². The molecule has 7 nitrogen and oxygen atoms in total. The Hall–Kier alpha value is -3.03. The Balaban J connectivity index is 1.19. The Bertz CT molecular complexity index is 1130. The standard InChI is InChI=1S/C26H29FN4O3/c1-34-22-3-2-18(9-20(22)27)24(32)31-5-4-19-21(13-31)28-14-29-23(19)30-25(33)26-10-15-6-16(11-26)8-17(7-15)12-26/h2-3,9,14-17H,4-8,10-13H2,1H3,(H,28,29,30,33). The highest BCUT2D eigenvalue weighted by Gasteiger charge is 2.54. The van der Waals surface area contributed by atoms with Crippen molar-refractivity contribution in [2.24, 2.45) is 23.2 Å². The van der Waals surface area contributed by atoms with Gasteiger partial charge in [0.2, 0.25) is 5.91 Å². The fourth-order valence-corrected chi connectivity index (χ4v) is 7.25. The predicted molar refractivity (Wildman–Crippen MR) is 123 cm³/mol. The highest BCUT2D eigenvalue weighted by molar-refractivity contribution is 5.96. The first-order valence-corrected chi connectivity index (χ1v) is 12.2. The molecule has 34 heavy (non-hydrogen) atoms. The summed E-state index contributed by atoms with van der Waals surface area (Å²) in [6, 6.07) is 4.23. The lowest BCUT2D eigenvalue weighted by Crippen LogP contribution is -2.52. The van der Waals surface area contributed by atoms with Crippen molar-refractivity contribution in [3.63, 3.8) is 0 Å². The highest BCUT2D eigenvalue weighted by atomic mass is 19.1. The summed E-state index contributed by atoms with van der Waals surface area (Å²) in [7, 11) is 1.39. The third-order valence-corrected chi connectivity index (χ3v) is 8.44. The van der Waals surface area contributed by atoms with E-state index in [2.05, 4.69) is 15.3 Å². The molecular weight excluding hydrogens is 435 g/mol. The number of nitrogens with zero attached hydrogens (tertiary/aromatic N) is 3. The predicted octanol–water partition coefficient (Wildman–Crippen LogP) is 3.98. The summed E-state index contributed by atoms with van der Waals surface area (Å²) >= 11 is 0. The van der Waals surface area contributed by atoms with Crippen molar-refractivity contribution in [3.05, 3.63) is 47.2 Å². The molecule has 0 spiro atoms. The molecule has 1 N–H and O–H groups in total. The van der Waals surface area contributed by atoms with E-state index in [9.17, 15) is 14.0 Å². The van der Waals surface area contributed by atoms with Crippen molar-refractivity contribution < 1.29 is 18.7 Å². The second-order valence-corrected chi connectivity index (χ2v) is 10.6. The molecule has 4 saturated carbocycles. The van der Waals surface area contributed by atoms with Gasteiger partial charge in [0.05, 0.1) is 24.8 Å². The first-order valence-electron chi connectivity index (χ1n) is 12.2. The number of amides is 2. The lowest BCUT2D eigenvalue weighted by atomic mass is 9.49. The number of aromatic nitrogens is 2. The zero-order valence-electron chi connectivity index (χ0n) is 19.3. The topological polar surface area (TPSA) is 84.4 Å². The summed E-state index contributed by atoms with van der Waals surface area (Å²) < 4.78 is 19.0. The molecule has 1 aromatic carbocycles. The SMILES string of the molecule is COc1ccc(C(=O)N2CCc3c(ncnc3NC(=O)C34CC5CC(CC(C5)C3)C4)C2)cc1F. The number of benzene rings is 1. The molecule has 4 aliphatic carbocycles. The van der Waals surface area contributed by atoms with Gasteiger partial charge in [0, 0.05) is 17.7 Å². The minimum absolute atomic E-state index is 0.104. The summed E-state index contributed by atoms with van der Waals surface area (Å²) in [5, 5.41) is 3.17. The minimum Gasteiger partial charge on any atom is -0.494 e. The number of rotatable bonds is 4. The first-order chi connectivity index (χ1) is 16.4. The lowest BCUT2D eigenvalue weighted by Gasteiger charge is -2.55. The molecule has 8 heteroatoms. The minimum atomic E-state index is -0.567. The van der Waals surface area contributed by atoms with Crippen LogP contribution in [0.25, 0.3) is 0 Å². The number of carbonyl (C=O) groups is 2. The monoisotopic (exact) mass is 464 g/mol. The van der Waals surface area contributed by atoms with Crippen molar-refractivity contribution in [2.45, 2.75) is 51.5 Å². The van der Waals surface area contributed by atoms with E-state index in [0.29, 0.717) is 43.1 Å². The molecule has 0 unspecified atom stereocenters.